The van der Waals surface area contributed by atoms with Gasteiger partial charge in [-0.05, 0) is 17.7 Å². The lowest BCUT2D eigenvalue weighted by atomic mass is 10.1. The Kier molecular flexibility index (Phi) is 5.06. The number of nitrogens with zero attached hydrogens (tertiary/aromatic N) is 2. The van der Waals surface area contributed by atoms with Gasteiger partial charge in [-0.25, -0.2) is 0 Å². The molecule has 1 aliphatic heterocycles. The fraction of sp³-hybridized carbons (Fsp3) is 0.278. The number of aromatic nitrogens is 1. The second-order valence-corrected chi connectivity index (χ2v) is 5.91. The standard InChI is InChI=1S/C18H19N3O4/c22-14-11-21(18(25)13-7-4-8-19-10-13)15(16(14)23)17(24)20-9-12-5-2-1-3-6-12/h1-8,10,14-16,22-23H,9,11H2,(H,20,24)/t14-,15?,16+/m0/s1. The Morgan fingerprint density at radius 3 is 2.60 bits per heavy atom. The van der Waals surface area contributed by atoms with E-state index in [0.29, 0.717) is 5.56 Å². The molecule has 0 saturated carbocycles. The number of hydrogen-bond donors (Lipinski definition) is 3. The van der Waals surface area contributed by atoms with Crippen LogP contribution in [-0.2, 0) is 11.3 Å². The van der Waals surface area contributed by atoms with E-state index >= 15 is 0 Å². The molecule has 0 aliphatic carbocycles. The summed E-state index contributed by atoms with van der Waals surface area (Å²) in [5.41, 5.74) is 1.19. The van der Waals surface area contributed by atoms with Crippen LogP contribution in [0, 0.1) is 0 Å². The Labute approximate surface area is 144 Å². The number of β-amino-alcohol motifs (C(OH)–C–C–N with tert-alkyl or cyclic N) is 1. The van der Waals surface area contributed by atoms with Gasteiger partial charge in [0.05, 0.1) is 12.1 Å². The molecular weight excluding hydrogens is 322 g/mol. The summed E-state index contributed by atoms with van der Waals surface area (Å²) in [6.45, 7) is 0.159. The van der Waals surface area contributed by atoms with Gasteiger partial charge in [0.2, 0.25) is 5.91 Å². The van der Waals surface area contributed by atoms with Crippen molar-refractivity contribution in [1.82, 2.24) is 15.2 Å². The number of carbonyl (C=O) groups is 2. The first-order valence-corrected chi connectivity index (χ1v) is 7.96. The maximum Gasteiger partial charge on any atom is 0.256 e. The maximum atomic E-state index is 12.6. The molecule has 25 heavy (non-hydrogen) atoms. The summed E-state index contributed by atoms with van der Waals surface area (Å²) in [4.78, 5) is 30.2. The molecule has 2 heterocycles. The Morgan fingerprint density at radius 1 is 1.16 bits per heavy atom. The molecule has 0 radical (unpaired) electrons. The SMILES string of the molecule is O=C(NCc1ccccc1)C1[C@H](O)[C@@H](O)CN1C(=O)c1cccnc1. The van der Waals surface area contributed by atoms with Crippen molar-refractivity contribution in [3.8, 4) is 0 Å². The summed E-state index contributed by atoms with van der Waals surface area (Å²) in [5.74, 6) is -0.964. The van der Waals surface area contributed by atoms with E-state index in [1.807, 2.05) is 30.3 Å². The molecule has 2 amide bonds. The summed E-state index contributed by atoms with van der Waals surface area (Å²) in [7, 11) is 0. The van der Waals surface area contributed by atoms with Crippen LogP contribution in [0.15, 0.2) is 54.9 Å². The number of hydrogen-bond acceptors (Lipinski definition) is 5. The van der Waals surface area contributed by atoms with Gasteiger partial charge in [0, 0.05) is 18.9 Å². The smallest absolute Gasteiger partial charge is 0.256 e. The molecule has 1 aliphatic rings. The summed E-state index contributed by atoms with van der Waals surface area (Å²) in [6.07, 6.45) is 0.414. The lowest BCUT2D eigenvalue weighted by Crippen LogP contribution is -2.50. The summed E-state index contributed by atoms with van der Waals surface area (Å²) in [6, 6.07) is 11.3. The van der Waals surface area contributed by atoms with Crippen LogP contribution in [0.3, 0.4) is 0 Å². The molecular formula is C18H19N3O4. The third-order valence-electron chi connectivity index (χ3n) is 4.18. The average molecular weight is 341 g/mol. The number of amides is 2. The molecule has 7 nitrogen and oxygen atoms in total. The van der Waals surface area contributed by atoms with E-state index in [1.54, 1.807) is 12.1 Å². The highest BCUT2D eigenvalue weighted by atomic mass is 16.3. The molecule has 3 atom stereocenters. The van der Waals surface area contributed by atoms with Crippen molar-refractivity contribution in [3.63, 3.8) is 0 Å². The van der Waals surface area contributed by atoms with Gasteiger partial charge in [-0.2, -0.15) is 0 Å². The predicted octanol–water partition coefficient (Wildman–Crippen LogP) is -0.0558. The number of pyridine rings is 1. The minimum Gasteiger partial charge on any atom is -0.388 e. The highest BCUT2D eigenvalue weighted by Gasteiger charge is 2.46. The highest BCUT2D eigenvalue weighted by Crippen LogP contribution is 2.21. The van der Waals surface area contributed by atoms with Crippen LogP contribution in [0.4, 0.5) is 0 Å². The zero-order chi connectivity index (χ0) is 17.8. The van der Waals surface area contributed by atoms with Gasteiger partial charge >= 0.3 is 0 Å². The normalized spacial score (nSPS) is 22.6. The summed E-state index contributed by atoms with van der Waals surface area (Å²) >= 11 is 0. The van der Waals surface area contributed by atoms with Crippen molar-refractivity contribution in [3.05, 3.63) is 66.0 Å². The predicted molar refractivity (Wildman–Crippen MR) is 89.4 cm³/mol. The zero-order valence-corrected chi connectivity index (χ0v) is 13.4. The highest BCUT2D eigenvalue weighted by molar-refractivity contribution is 5.98. The van der Waals surface area contributed by atoms with Gasteiger partial charge in [-0.3, -0.25) is 14.6 Å². The molecule has 3 rings (SSSR count). The first kappa shape index (κ1) is 17.1. The number of rotatable bonds is 4. The second kappa shape index (κ2) is 7.42. The van der Waals surface area contributed by atoms with E-state index in [4.69, 9.17) is 0 Å². The lowest BCUT2D eigenvalue weighted by Gasteiger charge is -2.25. The Bertz CT molecular complexity index is 739. The lowest BCUT2D eigenvalue weighted by molar-refractivity contribution is -0.128. The van der Waals surface area contributed by atoms with Gasteiger partial charge in [-0.15, -0.1) is 0 Å². The Hall–Kier alpha value is -2.77. The first-order valence-electron chi connectivity index (χ1n) is 7.96. The van der Waals surface area contributed by atoms with E-state index in [-0.39, 0.29) is 13.1 Å². The van der Waals surface area contributed by atoms with Crippen LogP contribution in [0.1, 0.15) is 15.9 Å². The van der Waals surface area contributed by atoms with Crippen molar-refractivity contribution in [2.75, 3.05) is 6.54 Å². The van der Waals surface area contributed by atoms with Crippen molar-refractivity contribution in [2.45, 2.75) is 24.8 Å². The van der Waals surface area contributed by atoms with Gasteiger partial charge in [0.1, 0.15) is 18.2 Å². The minimum absolute atomic E-state index is 0.113. The van der Waals surface area contributed by atoms with Gasteiger partial charge in [0.25, 0.3) is 5.91 Å². The number of aliphatic hydroxyl groups excluding tert-OH is 2. The molecule has 1 unspecified atom stereocenters. The largest absolute Gasteiger partial charge is 0.388 e. The Morgan fingerprint density at radius 2 is 1.92 bits per heavy atom. The molecule has 0 bridgehead atoms. The quantitative estimate of drug-likeness (QED) is 0.723. The number of likely N-dealkylation sites (tertiary alicyclic amines) is 1. The van der Waals surface area contributed by atoms with E-state index in [2.05, 4.69) is 10.3 Å². The molecule has 7 heteroatoms. The van der Waals surface area contributed by atoms with Crippen LogP contribution >= 0.6 is 0 Å². The van der Waals surface area contributed by atoms with Gasteiger partial charge < -0.3 is 20.4 Å². The van der Waals surface area contributed by atoms with E-state index in [1.165, 1.54) is 17.3 Å². The molecule has 2 aromatic rings. The summed E-state index contributed by atoms with van der Waals surface area (Å²) < 4.78 is 0. The van der Waals surface area contributed by atoms with Crippen molar-refractivity contribution < 1.29 is 19.8 Å². The van der Waals surface area contributed by atoms with Gasteiger partial charge in [-0.1, -0.05) is 30.3 Å². The molecule has 1 fully saturated rings. The average Bonchev–Trinajstić information content (AvgIpc) is 2.95. The number of aliphatic hydroxyl groups is 2. The van der Waals surface area contributed by atoms with Crippen molar-refractivity contribution in [1.29, 1.82) is 0 Å². The van der Waals surface area contributed by atoms with Gasteiger partial charge in [0.15, 0.2) is 0 Å². The van der Waals surface area contributed by atoms with Crippen molar-refractivity contribution >= 4 is 11.8 Å². The van der Waals surface area contributed by atoms with Crippen molar-refractivity contribution in [2.24, 2.45) is 0 Å². The molecule has 1 saturated heterocycles. The number of benzene rings is 1. The monoisotopic (exact) mass is 341 g/mol. The minimum atomic E-state index is -1.34. The molecule has 3 N–H and O–H groups in total. The fourth-order valence-electron chi connectivity index (χ4n) is 2.87. The fourth-order valence-corrected chi connectivity index (χ4v) is 2.87. The second-order valence-electron chi connectivity index (χ2n) is 5.91. The Balaban J connectivity index is 1.74. The van der Waals surface area contributed by atoms with E-state index in [0.717, 1.165) is 5.56 Å². The van der Waals surface area contributed by atoms with Crippen LogP contribution < -0.4 is 5.32 Å². The van der Waals surface area contributed by atoms with Crippen LogP contribution in [-0.4, -0.2) is 56.7 Å². The number of nitrogens with one attached hydrogen (secondary N) is 1. The third kappa shape index (κ3) is 3.67. The molecule has 1 aromatic carbocycles. The molecule has 0 spiro atoms. The van der Waals surface area contributed by atoms with Crippen LogP contribution in [0.25, 0.3) is 0 Å². The van der Waals surface area contributed by atoms with Crippen LogP contribution in [0.2, 0.25) is 0 Å². The number of carbonyl (C=O) groups excluding carboxylic acids is 2. The zero-order valence-electron chi connectivity index (χ0n) is 13.4. The third-order valence-corrected chi connectivity index (χ3v) is 4.18. The molecule has 130 valence electrons. The topological polar surface area (TPSA) is 103 Å². The summed E-state index contributed by atoms with van der Waals surface area (Å²) in [5, 5.41) is 22.8. The van der Waals surface area contributed by atoms with Crippen LogP contribution in [0.5, 0.6) is 0 Å². The van der Waals surface area contributed by atoms with E-state index < -0.39 is 30.1 Å². The first-order chi connectivity index (χ1) is 12.1. The molecule has 1 aromatic heterocycles. The maximum absolute atomic E-state index is 12.6. The van der Waals surface area contributed by atoms with E-state index in [9.17, 15) is 19.8 Å².